The Hall–Kier alpha value is -1.46. The van der Waals surface area contributed by atoms with Crippen molar-refractivity contribution in [2.45, 2.75) is 19.4 Å². The van der Waals surface area contributed by atoms with E-state index in [-0.39, 0.29) is 6.04 Å². The number of rotatable bonds is 2. The van der Waals surface area contributed by atoms with Gasteiger partial charge in [0.05, 0.1) is 23.2 Å². The van der Waals surface area contributed by atoms with Gasteiger partial charge in [0.25, 0.3) is 0 Å². The molecule has 88 valence electrons. The fourth-order valence-electron chi connectivity index (χ4n) is 2.07. The predicted octanol–water partition coefficient (Wildman–Crippen LogP) is 1.83. The van der Waals surface area contributed by atoms with Gasteiger partial charge in [-0.3, -0.25) is 0 Å². The average molecular weight is 247 g/mol. The number of hydrogen-bond acceptors (Lipinski definition) is 5. The highest BCUT2D eigenvalue weighted by atomic mass is 32.1. The maximum atomic E-state index is 6.25. The van der Waals surface area contributed by atoms with Gasteiger partial charge in [-0.15, -0.1) is 5.10 Å². The molecule has 0 spiro atoms. The Morgan fingerprint density at radius 1 is 1.47 bits per heavy atom. The largest absolute Gasteiger partial charge is 0.493 e. The van der Waals surface area contributed by atoms with Crippen LogP contribution < -0.4 is 10.5 Å². The monoisotopic (exact) mass is 247 g/mol. The SMILES string of the molecule is Cc1nnsc1C(N)c1ccc2c(c1)CCO2. The van der Waals surface area contributed by atoms with Crippen LogP contribution in [0, 0.1) is 6.92 Å². The number of aryl methyl sites for hydroxylation is 1. The second kappa shape index (κ2) is 4.09. The van der Waals surface area contributed by atoms with Crippen molar-refractivity contribution in [1.29, 1.82) is 0 Å². The Bertz CT molecular complexity index is 552. The van der Waals surface area contributed by atoms with Crippen LogP contribution in [0.3, 0.4) is 0 Å². The molecular weight excluding hydrogens is 234 g/mol. The molecule has 1 aliphatic rings. The van der Waals surface area contributed by atoms with E-state index >= 15 is 0 Å². The number of aromatic nitrogens is 2. The first kappa shape index (κ1) is 10.7. The summed E-state index contributed by atoms with van der Waals surface area (Å²) >= 11 is 1.37. The quantitative estimate of drug-likeness (QED) is 0.879. The molecule has 0 amide bonds. The van der Waals surface area contributed by atoms with E-state index in [1.54, 1.807) is 0 Å². The van der Waals surface area contributed by atoms with Crippen LogP contribution in [0.5, 0.6) is 5.75 Å². The van der Waals surface area contributed by atoms with E-state index in [2.05, 4.69) is 15.7 Å². The maximum Gasteiger partial charge on any atom is 0.122 e. The van der Waals surface area contributed by atoms with E-state index in [1.807, 2.05) is 19.1 Å². The van der Waals surface area contributed by atoms with E-state index < -0.39 is 0 Å². The van der Waals surface area contributed by atoms with Gasteiger partial charge in [0.2, 0.25) is 0 Å². The molecule has 1 unspecified atom stereocenters. The molecule has 0 radical (unpaired) electrons. The standard InChI is InChI=1S/C12H13N3OS/c1-7-12(17-15-14-7)11(13)9-2-3-10-8(6-9)4-5-16-10/h2-3,6,11H,4-5,13H2,1H3. The van der Waals surface area contributed by atoms with Crippen molar-refractivity contribution in [3.8, 4) is 5.75 Å². The molecule has 1 aromatic carbocycles. The zero-order valence-electron chi connectivity index (χ0n) is 9.51. The number of ether oxygens (including phenoxy) is 1. The van der Waals surface area contributed by atoms with E-state index in [0.717, 1.165) is 34.9 Å². The Labute approximate surface area is 104 Å². The Balaban J connectivity index is 1.97. The summed E-state index contributed by atoms with van der Waals surface area (Å²) in [7, 11) is 0. The van der Waals surface area contributed by atoms with Crippen LogP contribution in [0.1, 0.15) is 27.7 Å². The van der Waals surface area contributed by atoms with Gasteiger partial charge in [-0.2, -0.15) is 0 Å². The minimum absolute atomic E-state index is 0.138. The molecule has 0 saturated heterocycles. The summed E-state index contributed by atoms with van der Waals surface area (Å²) in [5.41, 5.74) is 9.51. The fourth-order valence-corrected chi connectivity index (χ4v) is 2.75. The smallest absolute Gasteiger partial charge is 0.122 e. The van der Waals surface area contributed by atoms with Gasteiger partial charge in [0, 0.05) is 6.42 Å². The molecule has 3 rings (SSSR count). The van der Waals surface area contributed by atoms with Gasteiger partial charge in [0.1, 0.15) is 5.75 Å². The van der Waals surface area contributed by atoms with Crippen molar-refractivity contribution in [3.63, 3.8) is 0 Å². The van der Waals surface area contributed by atoms with Crippen LogP contribution in [-0.4, -0.2) is 16.2 Å². The molecule has 1 aliphatic heterocycles. The van der Waals surface area contributed by atoms with Gasteiger partial charge in [-0.05, 0) is 35.6 Å². The van der Waals surface area contributed by atoms with Crippen molar-refractivity contribution in [1.82, 2.24) is 9.59 Å². The molecule has 2 aromatic rings. The number of fused-ring (bicyclic) bond motifs is 1. The highest BCUT2D eigenvalue weighted by Gasteiger charge is 2.18. The lowest BCUT2D eigenvalue weighted by Gasteiger charge is -2.11. The summed E-state index contributed by atoms with van der Waals surface area (Å²) in [6, 6.07) is 6.02. The van der Waals surface area contributed by atoms with Crippen molar-refractivity contribution in [3.05, 3.63) is 39.9 Å². The molecule has 0 saturated carbocycles. The zero-order valence-corrected chi connectivity index (χ0v) is 10.3. The zero-order chi connectivity index (χ0) is 11.8. The van der Waals surface area contributed by atoms with Crippen LogP contribution in [-0.2, 0) is 6.42 Å². The van der Waals surface area contributed by atoms with Gasteiger partial charge in [0.15, 0.2) is 0 Å². The first-order valence-electron chi connectivity index (χ1n) is 5.56. The van der Waals surface area contributed by atoms with E-state index in [9.17, 15) is 0 Å². The van der Waals surface area contributed by atoms with Crippen molar-refractivity contribution < 1.29 is 4.74 Å². The number of nitrogens with two attached hydrogens (primary N) is 1. The highest BCUT2D eigenvalue weighted by molar-refractivity contribution is 7.05. The molecule has 2 N–H and O–H groups in total. The van der Waals surface area contributed by atoms with Gasteiger partial charge < -0.3 is 10.5 Å². The van der Waals surface area contributed by atoms with Gasteiger partial charge >= 0.3 is 0 Å². The lowest BCUT2D eigenvalue weighted by Crippen LogP contribution is -2.11. The molecule has 1 aromatic heterocycles. The molecular formula is C12H13N3OS. The Kier molecular flexibility index (Phi) is 2.57. The number of hydrogen-bond donors (Lipinski definition) is 1. The summed E-state index contributed by atoms with van der Waals surface area (Å²) in [4.78, 5) is 1.03. The molecule has 1 atom stereocenters. The second-order valence-corrected chi connectivity index (χ2v) is 4.95. The first-order valence-corrected chi connectivity index (χ1v) is 6.33. The summed E-state index contributed by atoms with van der Waals surface area (Å²) in [6.07, 6.45) is 0.968. The Morgan fingerprint density at radius 3 is 3.12 bits per heavy atom. The first-order chi connectivity index (χ1) is 8.25. The summed E-state index contributed by atoms with van der Waals surface area (Å²) in [6.45, 7) is 2.71. The van der Waals surface area contributed by atoms with Gasteiger partial charge in [-0.1, -0.05) is 16.6 Å². The van der Waals surface area contributed by atoms with E-state index in [0.29, 0.717) is 0 Å². The third-order valence-corrected chi connectivity index (χ3v) is 3.95. The maximum absolute atomic E-state index is 6.25. The number of benzene rings is 1. The molecule has 2 heterocycles. The topological polar surface area (TPSA) is 61.0 Å². The van der Waals surface area contributed by atoms with E-state index in [4.69, 9.17) is 10.5 Å². The fraction of sp³-hybridized carbons (Fsp3) is 0.333. The third kappa shape index (κ3) is 1.81. The summed E-state index contributed by atoms with van der Waals surface area (Å²) in [5, 5.41) is 4.00. The lowest BCUT2D eigenvalue weighted by atomic mass is 10.0. The molecule has 0 aliphatic carbocycles. The molecule has 17 heavy (non-hydrogen) atoms. The van der Waals surface area contributed by atoms with Crippen molar-refractivity contribution in [2.24, 2.45) is 5.73 Å². The lowest BCUT2D eigenvalue weighted by molar-refractivity contribution is 0.357. The minimum atomic E-state index is -0.138. The molecule has 5 heteroatoms. The van der Waals surface area contributed by atoms with Crippen LogP contribution in [0.2, 0.25) is 0 Å². The minimum Gasteiger partial charge on any atom is -0.493 e. The van der Waals surface area contributed by atoms with Gasteiger partial charge in [-0.25, -0.2) is 0 Å². The predicted molar refractivity (Wildman–Crippen MR) is 66.3 cm³/mol. The summed E-state index contributed by atoms with van der Waals surface area (Å²) < 4.78 is 9.41. The molecule has 0 fully saturated rings. The summed E-state index contributed by atoms with van der Waals surface area (Å²) in [5.74, 6) is 0.986. The molecule has 0 bridgehead atoms. The van der Waals surface area contributed by atoms with Crippen LogP contribution in [0.4, 0.5) is 0 Å². The Morgan fingerprint density at radius 2 is 2.35 bits per heavy atom. The van der Waals surface area contributed by atoms with Crippen molar-refractivity contribution in [2.75, 3.05) is 6.61 Å². The third-order valence-electron chi connectivity index (χ3n) is 3.04. The van der Waals surface area contributed by atoms with Crippen LogP contribution >= 0.6 is 11.5 Å². The second-order valence-electron chi connectivity index (χ2n) is 4.17. The normalized spacial score (nSPS) is 15.4. The highest BCUT2D eigenvalue weighted by Crippen LogP contribution is 2.31. The van der Waals surface area contributed by atoms with Crippen molar-refractivity contribution >= 4 is 11.5 Å². The van der Waals surface area contributed by atoms with E-state index in [1.165, 1.54) is 17.1 Å². The van der Waals surface area contributed by atoms with Crippen LogP contribution in [0.15, 0.2) is 18.2 Å². The number of nitrogens with zero attached hydrogens (tertiary/aromatic N) is 2. The molecule has 4 nitrogen and oxygen atoms in total. The average Bonchev–Trinajstić information content (AvgIpc) is 2.95. The van der Waals surface area contributed by atoms with Crippen LogP contribution in [0.25, 0.3) is 0 Å².